The van der Waals surface area contributed by atoms with E-state index in [0.717, 1.165) is 76.0 Å². The van der Waals surface area contributed by atoms with E-state index in [9.17, 15) is 1.37 Å². The SMILES string of the molecule is [2H]C1(c2ccc(B3N(c4ccccc4)B(c4ccccc4)N(c4ccccc4)B(c4ccccc4)N3c3ccccc3)cc2-c2cccc(-c3c(-c4ccccc4)ccc(-c4ccccc4)c3-c3ccccc3)c2)CCCC1. The molecule has 13 rings (SSSR count). The smallest absolute Gasteiger partial charge is 0.388 e. The Bertz CT molecular complexity index is 3690. The number of nitrogens with zero attached hydrogens (tertiary/aromatic N) is 3. The highest BCUT2D eigenvalue weighted by Crippen LogP contribution is 2.47. The van der Waals surface area contributed by atoms with Gasteiger partial charge in [-0.15, -0.1) is 0 Å². The zero-order valence-corrected chi connectivity index (χ0v) is 43.2. The Kier molecular flexibility index (Phi) is 13.1. The summed E-state index contributed by atoms with van der Waals surface area (Å²) < 4.78 is 18.3. The minimum atomic E-state index is -0.741. The highest BCUT2D eigenvalue weighted by atomic mass is 15.3. The molecule has 0 spiro atoms. The molecule has 366 valence electrons. The van der Waals surface area contributed by atoms with Crippen LogP contribution in [0.3, 0.4) is 0 Å². The maximum absolute atomic E-state index is 10.4. The second-order valence-corrected chi connectivity index (χ2v) is 20.4. The third-order valence-electron chi connectivity index (χ3n) is 15.8. The molecule has 0 aromatic heterocycles. The molecule has 1 heterocycles. The van der Waals surface area contributed by atoms with Crippen molar-refractivity contribution < 1.29 is 1.37 Å². The van der Waals surface area contributed by atoms with Crippen LogP contribution in [0.2, 0.25) is 0 Å². The van der Waals surface area contributed by atoms with Crippen LogP contribution in [0, 0.1) is 0 Å². The van der Waals surface area contributed by atoms with Crippen molar-refractivity contribution in [2.24, 2.45) is 0 Å². The van der Waals surface area contributed by atoms with Crippen LogP contribution in [0.15, 0.2) is 297 Å². The van der Waals surface area contributed by atoms with Gasteiger partial charge in [0.2, 0.25) is 0 Å². The summed E-state index contributed by atoms with van der Waals surface area (Å²) in [5.41, 5.74) is 19.5. The monoisotopic (exact) mass is 986 g/mol. The van der Waals surface area contributed by atoms with Crippen LogP contribution in [0.1, 0.15) is 38.5 Å². The summed E-state index contributed by atoms with van der Waals surface area (Å²) in [6.07, 6.45) is 3.72. The quantitative estimate of drug-likeness (QED) is 0.113. The van der Waals surface area contributed by atoms with Gasteiger partial charge in [-0.05, 0) is 139 Å². The largest absolute Gasteiger partial charge is 0.416 e. The van der Waals surface area contributed by atoms with E-state index in [4.69, 9.17) is 0 Å². The molecule has 0 amide bonds. The Balaban J connectivity index is 1.09. The molecule has 77 heavy (non-hydrogen) atoms. The van der Waals surface area contributed by atoms with E-state index in [1.54, 1.807) is 0 Å². The lowest BCUT2D eigenvalue weighted by molar-refractivity contribution is 0.725. The number of benzene rings is 11. The van der Waals surface area contributed by atoms with E-state index in [0.29, 0.717) is 0 Å². The molecule has 0 bridgehead atoms. The third kappa shape index (κ3) is 9.35. The van der Waals surface area contributed by atoms with Crippen molar-refractivity contribution in [1.82, 2.24) is 0 Å². The summed E-state index contributed by atoms with van der Waals surface area (Å²) in [5, 5.41) is 0. The summed E-state index contributed by atoms with van der Waals surface area (Å²) in [6.45, 7) is -0.873. The maximum Gasteiger partial charge on any atom is 0.388 e. The number of hydrogen-bond acceptors (Lipinski definition) is 3. The van der Waals surface area contributed by atoms with Gasteiger partial charge in [-0.1, -0.05) is 268 Å². The van der Waals surface area contributed by atoms with Crippen LogP contribution in [-0.4, -0.2) is 20.9 Å². The molecule has 0 atom stereocenters. The highest BCUT2D eigenvalue weighted by molar-refractivity contribution is 7.14. The van der Waals surface area contributed by atoms with Gasteiger partial charge in [0, 0.05) is 18.4 Å². The molecule has 3 nitrogen and oxygen atoms in total. The Morgan fingerprint density at radius 3 is 1.08 bits per heavy atom. The molecular formula is C71H58B3N3. The zero-order valence-electron chi connectivity index (χ0n) is 44.2. The van der Waals surface area contributed by atoms with Crippen molar-refractivity contribution in [3.8, 4) is 55.6 Å². The van der Waals surface area contributed by atoms with Gasteiger partial charge in [-0.2, -0.15) is 0 Å². The first-order valence-electron chi connectivity index (χ1n) is 27.8. The number of anilines is 3. The third-order valence-corrected chi connectivity index (χ3v) is 15.8. The second kappa shape index (κ2) is 21.7. The Morgan fingerprint density at radius 2 is 0.636 bits per heavy atom. The standard InChI is InChI=1S/C71H58B3N3/c1-9-28-55(29-10-1)67-50-51-68(56-30-11-2-12-31-56)71(70(67)57-34-13-3-14-35-57)59-37-27-36-58(52-59)69-53-62(48-49-66(69)54-32-25-26-33-54)74-76(64-44-21-7-22-45-64)72(60-38-15-4-16-39-60)75(63-42-19-6-20-43-63)73(61-40-17-5-18-41-61)77(74)65-46-23-8-24-47-65/h1-24,27-31,34-54H,25-26,32-33H2/i54D. The fourth-order valence-corrected chi connectivity index (χ4v) is 12.4. The lowest BCUT2D eigenvalue weighted by Crippen LogP contribution is -2.86. The first-order valence-corrected chi connectivity index (χ1v) is 27.3. The molecular weight excluding hydrogens is 927 g/mol. The molecule has 0 N–H and O–H groups in total. The number of para-hydroxylation sites is 3. The zero-order chi connectivity index (χ0) is 52.3. The van der Waals surface area contributed by atoms with Gasteiger partial charge >= 0.3 is 20.9 Å². The fraction of sp³-hybridized carbons (Fsp3) is 0.0704. The molecule has 2 aliphatic rings. The Labute approximate surface area is 457 Å². The first kappa shape index (κ1) is 46.5. The van der Waals surface area contributed by atoms with Crippen LogP contribution >= 0.6 is 0 Å². The van der Waals surface area contributed by atoms with E-state index < -0.39 is 5.89 Å². The van der Waals surface area contributed by atoms with E-state index >= 15 is 0 Å². The molecule has 1 saturated heterocycles. The number of hydrogen-bond donors (Lipinski definition) is 0. The minimum absolute atomic E-state index is 0.264. The van der Waals surface area contributed by atoms with Gasteiger partial charge in [0.25, 0.3) is 0 Å². The molecule has 1 saturated carbocycles. The van der Waals surface area contributed by atoms with Gasteiger partial charge in [0.1, 0.15) is 0 Å². The van der Waals surface area contributed by atoms with Crippen LogP contribution in [0.25, 0.3) is 55.6 Å². The predicted octanol–water partition coefficient (Wildman–Crippen LogP) is 15.7. The molecule has 11 aromatic rings. The predicted molar refractivity (Wildman–Crippen MR) is 331 cm³/mol. The molecule has 1 aliphatic heterocycles. The van der Waals surface area contributed by atoms with Crippen molar-refractivity contribution in [1.29, 1.82) is 0 Å². The topological polar surface area (TPSA) is 9.72 Å². The average molecular weight is 987 g/mol. The van der Waals surface area contributed by atoms with E-state index in [1.807, 2.05) is 0 Å². The fourth-order valence-electron chi connectivity index (χ4n) is 12.4. The van der Waals surface area contributed by atoms with Crippen LogP contribution in [0.4, 0.5) is 17.1 Å². The minimum Gasteiger partial charge on any atom is -0.416 e. The van der Waals surface area contributed by atoms with Gasteiger partial charge in [0.15, 0.2) is 0 Å². The first-order chi connectivity index (χ1) is 38.6. The van der Waals surface area contributed by atoms with Gasteiger partial charge in [0.05, 0.1) is 0 Å². The van der Waals surface area contributed by atoms with Gasteiger partial charge < -0.3 is 14.2 Å². The Hall–Kier alpha value is -8.99. The highest BCUT2D eigenvalue weighted by Gasteiger charge is 2.56. The lowest BCUT2D eigenvalue weighted by Gasteiger charge is -2.57. The average Bonchev–Trinajstić information content (AvgIpc) is 4.00. The van der Waals surface area contributed by atoms with Crippen molar-refractivity contribution in [3.63, 3.8) is 0 Å². The van der Waals surface area contributed by atoms with Crippen LogP contribution in [0.5, 0.6) is 0 Å². The molecule has 6 heteroatoms. The summed E-state index contributed by atoms with van der Waals surface area (Å²) in [6, 6.07) is 109. The molecule has 1 aliphatic carbocycles. The van der Waals surface area contributed by atoms with Crippen molar-refractivity contribution in [3.05, 3.63) is 303 Å². The maximum atomic E-state index is 10.4. The van der Waals surface area contributed by atoms with Gasteiger partial charge in [-0.25, -0.2) is 0 Å². The van der Waals surface area contributed by atoms with Crippen molar-refractivity contribution >= 4 is 54.4 Å². The van der Waals surface area contributed by atoms with Gasteiger partial charge in [-0.3, -0.25) is 0 Å². The normalized spacial score (nSPS) is 14.4. The Morgan fingerprint density at radius 1 is 0.286 bits per heavy atom. The van der Waals surface area contributed by atoms with E-state index in [-0.39, 0.29) is 20.9 Å². The summed E-state index contributed by atoms with van der Waals surface area (Å²) in [4.78, 5) is 0. The summed E-state index contributed by atoms with van der Waals surface area (Å²) in [7, 11) is 0. The molecule has 0 unspecified atom stereocenters. The number of rotatable bonds is 12. The summed E-state index contributed by atoms with van der Waals surface area (Å²) >= 11 is 0. The van der Waals surface area contributed by atoms with Crippen molar-refractivity contribution in [2.75, 3.05) is 14.2 Å². The molecule has 11 aromatic carbocycles. The lowest BCUT2D eigenvalue weighted by atomic mass is 9.37. The van der Waals surface area contributed by atoms with E-state index in [1.165, 1.54) is 44.3 Å². The van der Waals surface area contributed by atoms with Crippen LogP contribution < -0.4 is 30.6 Å². The summed E-state index contributed by atoms with van der Waals surface area (Å²) in [5.74, 6) is -0.741. The van der Waals surface area contributed by atoms with Crippen molar-refractivity contribution in [2.45, 2.75) is 31.6 Å². The van der Waals surface area contributed by atoms with E-state index in [2.05, 4.69) is 311 Å². The second-order valence-electron chi connectivity index (χ2n) is 20.4. The molecule has 0 radical (unpaired) electrons. The van der Waals surface area contributed by atoms with Crippen LogP contribution in [-0.2, 0) is 0 Å². The molecule has 2 fully saturated rings.